The average molecular weight is 550 g/mol. The number of anilines is 2. The maximum Gasteiger partial charge on any atom is 0.339 e. The van der Waals surface area contributed by atoms with E-state index in [-0.39, 0.29) is 11.3 Å². The summed E-state index contributed by atoms with van der Waals surface area (Å²) >= 11 is 0. The van der Waals surface area contributed by atoms with Crippen LogP contribution < -0.4 is 15.4 Å². The predicted molar refractivity (Wildman–Crippen MR) is 156 cm³/mol. The second kappa shape index (κ2) is 11.3. The van der Waals surface area contributed by atoms with Gasteiger partial charge in [0.05, 0.1) is 11.2 Å². The molecule has 0 spiro atoms. The normalized spacial score (nSPS) is 10.8. The average Bonchev–Trinajstić information content (AvgIpc) is 3.20. The Morgan fingerprint density at radius 2 is 1.49 bits per heavy atom. The van der Waals surface area contributed by atoms with Crippen LogP contribution in [0.1, 0.15) is 21.5 Å². The molecular formula is C32H27N3O6. The van der Waals surface area contributed by atoms with Crippen molar-refractivity contribution in [2.45, 2.75) is 13.5 Å². The van der Waals surface area contributed by atoms with E-state index in [0.717, 1.165) is 22.4 Å². The Kier molecular flexibility index (Phi) is 7.43. The number of fused-ring (bicyclic) bond motifs is 1. The smallest absolute Gasteiger partial charge is 0.339 e. The first kappa shape index (κ1) is 27.0. The summed E-state index contributed by atoms with van der Waals surface area (Å²) in [4.78, 5) is 36.9. The van der Waals surface area contributed by atoms with Crippen molar-refractivity contribution in [1.29, 1.82) is 0 Å². The van der Waals surface area contributed by atoms with Crippen LogP contribution in [-0.4, -0.2) is 32.6 Å². The van der Waals surface area contributed by atoms with Crippen LogP contribution in [0.4, 0.5) is 11.4 Å². The first-order valence-corrected chi connectivity index (χ1v) is 12.8. The molecule has 0 aliphatic carbocycles. The number of nitrogens with one attached hydrogen (secondary N) is 2. The number of aromatic carboxylic acids is 1. The molecule has 4 aromatic carbocycles. The number of benzene rings is 4. The van der Waals surface area contributed by atoms with Crippen LogP contribution in [0.5, 0.6) is 11.5 Å². The lowest BCUT2D eigenvalue weighted by molar-refractivity contribution is -0.132. The Morgan fingerprint density at radius 1 is 0.829 bits per heavy atom. The van der Waals surface area contributed by atoms with Gasteiger partial charge in [0.15, 0.2) is 0 Å². The highest BCUT2D eigenvalue weighted by Gasteiger charge is 2.20. The number of nitrogens with zero attached hydrogens (tertiary/aromatic N) is 1. The van der Waals surface area contributed by atoms with Gasteiger partial charge < -0.3 is 30.2 Å². The van der Waals surface area contributed by atoms with E-state index in [2.05, 4.69) is 10.6 Å². The zero-order chi connectivity index (χ0) is 29.1. The molecule has 206 valence electrons. The third kappa shape index (κ3) is 5.74. The first-order chi connectivity index (χ1) is 19.7. The monoisotopic (exact) mass is 549 g/mol. The number of aryl methyl sites for hydroxylation is 2. The fourth-order valence-corrected chi connectivity index (χ4v) is 4.76. The van der Waals surface area contributed by atoms with Crippen molar-refractivity contribution < 1.29 is 29.3 Å². The van der Waals surface area contributed by atoms with E-state index in [1.54, 1.807) is 49.5 Å². The first-order valence-electron chi connectivity index (χ1n) is 12.8. The van der Waals surface area contributed by atoms with Crippen LogP contribution in [-0.2, 0) is 23.2 Å². The number of aromatic nitrogens is 1. The van der Waals surface area contributed by atoms with Crippen molar-refractivity contribution >= 4 is 40.1 Å². The maximum absolute atomic E-state index is 12.7. The predicted octanol–water partition coefficient (Wildman–Crippen LogP) is 5.71. The fourth-order valence-electron chi connectivity index (χ4n) is 4.76. The molecule has 9 heteroatoms. The molecule has 41 heavy (non-hydrogen) atoms. The number of ether oxygens (including phenoxy) is 1. The summed E-state index contributed by atoms with van der Waals surface area (Å²) in [5.41, 5.74) is 4.61. The summed E-state index contributed by atoms with van der Waals surface area (Å²) < 4.78 is 7.64. The molecule has 0 saturated heterocycles. The highest BCUT2D eigenvalue weighted by Crippen LogP contribution is 2.36. The van der Waals surface area contributed by atoms with Gasteiger partial charge in [0.25, 0.3) is 0 Å². The topological polar surface area (TPSA) is 130 Å². The minimum absolute atomic E-state index is 0.182. The van der Waals surface area contributed by atoms with Gasteiger partial charge in [-0.2, -0.15) is 0 Å². The van der Waals surface area contributed by atoms with Crippen molar-refractivity contribution in [2.75, 3.05) is 10.6 Å². The van der Waals surface area contributed by atoms with E-state index in [1.165, 1.54) is 12.1 Å². The molecule has 9 nitrogen and oxygen atoms in total. The molecule has 0 bridgehead atoms. The number of phenols is 1. The highest BCUT2D eigenvalue weighted by atomic mass is 16.5. The number of aromatic hydroxyl groups is 1. The van der Waals surface area contributed by atoms with Crippen LogP contribution in [0.2, 0.25) is 0 Å². The maximum atomic E-state index is 12.7. The standard InChI is InChI=1S/C32H27N3O6/c1-19-25-16-26(32(39)40)28(36)17-27(25)35(2)29(19)21-10-6-11-22(14-21)33-30(37)31(38)34-23-12-7-13-24(15-23)41-18-20-8-4-3-5-9-20/h3-17,36H,18H2,1-2H3,(H,33,37)(H,34,38)(H,39,40). The van der Waals surface area contributed by atoms with Crippen LogP contribution in [0, 0.1) is 6.92 Å². The minimum Gasteiger partial charge on any atom is -0.507 e. The quantitative estimate of drug-likeness (QED) is 0.192. The van der Waals surface area contributed by atoms with E-state index in [4.69, 9.17) is 4.74 Å². The van der Waals surface area contributed by atoms with Crippen molar-refractivity contribution in [3.05, 3.63) is 108 Å². The molecule has 1 heterocycles. The second-order valence-electron chi connectivity index (χ2n) is 9.52. The van der Waals surface area contributed by atoms with E-state index in [1.807, 2.05) is 47.9 Å². The summed E-state index contributed by atoms with van der Waals surface area (Å²) in [5, 5.41) is 25.5. The molecule has 0 fully saturated rings. The summed E-state index contributed by atoms with van der Waals surface area (Å²) in [6, 6.07) is 26.3. The number of carbonyl (C=O) groups excluding carboxylic acids is 2. The molecule has 0 saturated carbocycles. The Balaban J connectivity index is 1.30. The largest absolute Gasteiger partial charge is 0.507 e. The summed E-state index contributed by atoms with van der Waals surface area (Å²) in [6.45, 7) is 2.23. The van der Waals surface area contributed by atoms with Crippen LogP contribution >= 0.6 is 0 Å². The number of carboxylic acids is 1. The second-order valence-corrected chi connectivity index (χ2v) is 9.52. The Labute approximate surface area is 235 Å². The van der Waals surface area contributed by atoms with Crippen molar-refractivity contribution in [3.8, 4) is 22.8 Å². The van der Waals surface area contributed by atoms with Gasteiger partial charge in [-0.3, -0.25) is 9.59 Å². The molecule has 0 aliphatic rings. The summed E-state index contributed by atoms with van der Waals surface area (Å²) in [7, 11) is 1.81. The van der Waals surface area contributed by atoms with Gasteiger partial charge in [0.1, 0.15) is 23.7 Å². The molecule has 5 rings (SSSR count). The Hall–Kier alpha value is -5.57. The fraction of sp³-hybridized carbons (Fsp3) is 0.0938. The van der Waals surface area contributed by atoms with Gasteiger partial charge in [0.2, 0.25) is 0 Å². The van der Waals surface area contributed by atoms with Gasteiger partial charge in [-0.05, 0) is 48.4 Å². The minimum atomic E-state index is -1.22. The molecule has 0 unspecified atom stereocenters. The zero-order valence-corrected chi connectivity index (χ0v) is 22.3. The van der Waals surface area contributed by atoms with Gasteiger partial charge in [-0.15, -0.1) is 0 Å². The van der Waals surface area contributed by atoms with E-state index < -0.39 is 17.8 Å². The lowest BCUT2D eigenvalue weighted by Gasteiger charge is -2.11. The highest BCUT2D eigenvalue weighted by molar-refractivity contribution is 6.43. The number of amides is 2. The van der Waals surface area contributed by atoms with Crippen LogP contribution in [0.3, 0.4) is 0 Å². The molecule has 0 radical (unpaired) electrons. The Morgan fingerprint density at radius 3 is 2.17 bits per heavy atom. The zero-order valence-electron chi connectivity index (χ0n) is 22.3. The van der Waals surface area contributed by atoms with Crippen LogP contribution in [0.25, 0.3) is 22.2 Å². The van der Waals surface area contributed by atoms with Gasteiger partial charge >= 0.3 is 17.8 Å². The third-order valence-corrected chi connectivity index (χ3v) is 6.74. The van der Waals surface area contributed by atoms with Gasteiger partial charge in [0, 0.05) is 41.5 Å². The third-order valence-electron chi connectivity index (χ3n) is 6.74. The van der Waals surface area contributed by atoms with Gasteiger partial charge in [-0.25, -0.2) is 4.79 Å². The summed E-state index contributed by atoms with van der Waals surface area (Å²) in [5.74, 6) is -2.68. The molecule has 0 atom stereocenters. The number of carbonyl (C=O) groups is 3. The number of hydrogen-bond donors (Lipinski definition) is 4. The molecule has 5 aromatic rings. The number of carboxylic acid groups (broad SMARTS) is 1. The molecule has 4 N–H and O–H groups in total. The SMILES string of the molecule is Cc1c(-c2cccc(NC(=O)C(=O)Nc3cccc(OCc4ccccc4)c3)c2)n(C)c2cc(O)c(C(=O)O)cc12. The lowest BCUT2D eigenvalue weighted by atomic mass is 10.0. The number of hydrogen-bond acceptors (Lipinski definition) is 5. The van der Waals surface area contributed by atoms with Crippen molar-refractivity contribution in [2.24, 2.45) is 7.05 Å². The molecular weight excluding hydrogens is 522 g/mol. The molecule has 1 aromatic heterocycles. The van der Waals surface area contributed by atoms with Crippen molar-refractivity contribution in [3.63, 3.8) is 0 Å². The van der Waals surface area contributed by atoms with E-state index in [0.29, 0.717) is 34.6 Å². The lowest BCUT2D eigenvalue weighted by Crippen LogP contribution is -2.29. The molecule has 0 aliphatic heterocycles. The molecule has 2 amide bonds. The summed E-state index contributed by atoms with van der Waals surface area (Å²) in [6.07, 6.45) is 0. The van der Waals surface area contributed by atoms with Crippen molar-refractivity contribution in [1.82, 2.24) is 4.57 Å². The van der Waals surface area contributed by atoms with E-state index >= 15 is 0 Å². The van der Waals surface area contributed by atoms with Gasteiger partial charge in [-0.1, -0.05) is 48.5 Å². The Bertz CT molecular complexity index is 1790. The van der Waals surface area contributed by atoms with Crippen LogP contribution in [0.15, 0.2) is 91.0 Å². The van der Waals surface area contributed by atoms with E-state index in [9.17, 15) is 24.6 Å². The number of rotatable bonds is 7.